The minimum atomic E-state index is -0.753. The van der Waals surface area contributed by atoms with E-state index in [0.29, 0.717) is 19.6 Å². The summed E-state index contributed by atoms with van der Waals surface area (Å²) in [6.45, 7) is 1.21. The zero-order valence-corrected chi connectivity index (χ0v) is 10.5. The number of methoxy groups -OCH3 is 1. The number of para-hydroxylation sites is 1. The Morgan fingerprint density at radius 2 is 2.33 bits per heavy atom. The summed E-state index contributed by atoms with van der Waals surface area (Å²) in [4.78, 5) is 11.4. The molecule has 18 heavy (non-hydrogen) atoms. The zero-order chi connectivity index (χ0) is 13.0. The van der Waals surface area contributed by atoms with Gasteiger partial charge in [-0.1, -0.05) is 18.2 Å². The van der Waals surface area contributed by atoms with E-state index in [0.717, 1.165) is 17.7 Å². The Balaban J connectivity index is 2.15. The van der Waals surface area contributed by atoms with Crippen LogP contribution in [-0.4, -0.2) is 31.4 Å². The molecule has 1 aromatic carbocycles. The highest BCUT2D eigenvalue weighted by atomic mass is 16.5. The number of hydrogen-bond acceptors (Lipinski definition) is 3. The summed E-state index contributed by atoms with van der Waals surface area (Å²) in [6, 6.07) is 7.57. The molecule has 98 valence electrons. The van der Waals surface area contributed by atoms with Gasteiger partial charge < -0.3 is 14.6 Å². The number of carboxylic acids is 1. The summed E-state index contributed by atoms with van der Waals surface area (Å²) in [7, 11) is 1.60. The van der Waals surface area contributed by atoms with Gasteiger partial charge in [0, 0.05) is 6.61 Å². The summed E-state index contributed by atoms with van der Waals surface area (Å²) in [5.74, 6) is -0.296. The van der Waals surface area contributed by atoms with Crippen molar-refractivity contribution in [3.8, 4) is 5.75 Å². The maximum atomic E-state index is 11.4. The van der Waals surface area contributed by atoms with Gasteiger partial charge in [0.15, 0.2) is 0 Å². The quantitative estimate of drug-likeness (QED) is 0.868. The van der Waals surface area contributed by atoms with Crippen molar-refractivity contribution in [2.24, 2.45) is 11.8 Å². The molecule has 1 fully saturated rings. The first-order chi connectivity index (χ1) is 8.72. The van der Waals surface area contributed by atoms with Crippen LogP contribution >= 0.6 is 0 Å². The second kappa shape index (κ2) is 5.87. The van der Waals surface area contributed by atoms with Crippen molar-refractivity contribution in [3.05, 3.63) is 29.8 Å². The first-order valence-electron chi connectivity index (χ1n) is 6.15. The van der Waals surface area contributed by atoms with Crippen molar-refractivity contribution in [1.82, 2.24) is 0 Å². The normalized spacial score (nSPS) is 20.6. The fraction of sp³-hybridized carbons (Fsp3) is 0.500. The highest BCUT2D eigenvalue weighted by Gasteiger charge is 2.31. The first-order valence-corrected chi connectivity index (χ1v) is 6.15. The van der Waals surface area contributed by atoms with Crippen LogP contribution in [0, 0.1) is 11.8 Å². The van der Waals surface area contributed by atoms with Crippen LogP contribution < -0.4 is 4.74 Å². The topological polar surface area (TPSA) is 55.8 Å². The third kappa shape index (κ3) is 2.82. The maximum absolute atomic E-state index is 11.4. The van der Waals surface area contributed by atoms with Crippen molar-refractivity contribution in [2.45, 2.75) is 12.8 Å². The van der Waals surface area contributed by atoms with E-state index in [4.69, 9.17) is 9.47 Å². The van der Waals surface area contributed by atoms with Gasteiger partial charge >= 0.3 is 5.97 Å². The van der Waals surface area contributed by atoms with Gasteiger partial charge in [-0.25, -0.2) is 0 Å². The van der Waals surface area contributed by atoms with E-state index >= 15 is 0 Å². The molecular weight excluding hydrogens is 232 g/mol. The molecule has 1 aromatic rings. The summed E-state index contributed by atoms with van der Waals surface area (Å²) in [6.07, 6.45) is 1.32. The monoisotopic (exact) mass is 250 g/mol. The van der Waals surface area contributed by atoms with E-state index in [1.165, 1.54) is 0 Å². The molecule has 0 saturated carbocycles. The van der Waals surface area contributed by atoms with E-state index in [1.807, 2.05) is 24.3 Å². The van der Waals surface area contributed by atoms with Crippen molar-refractivity contribution >= 4 is 5.97 Å². The van der Waals surface area contributed by atoms with Crippen molar-refractivity contribution < 1.29 is 19.4 Å². The van der Waals surface area contributed by atoms with Crippen molar-refractivity contribution in [2.75, 3.05) is 20.3 Å². The van der Waals surface area contributed by atoms with Crippen LogP contribution in [0.3, 0.4) is 0 Å². The van der Waals surface area contributed by atoms with Crippen molar-refractivity contribution in [1.29, 1.82) is 0 Å². The highest BCUT2D eigenvalue weighted by Crippen LogP contribution is 2.29. The summed E-state index contributed by atoms with van der Waals surface area (Å²) >= 11 is 0. The molecule has 0 bridgehead atoms. The lowest BCUT2D eigenvalue weighted by atomic mass is 9.86. The Morgan fingerprint density at radius 3 is 2.94 bits per heavy atom. The van der Waals surface area contributed by atoms with Crippen LogP contribution in [0.1, 0.15) is 12.0 Å². The molecule has 0 aromatic heterocycles. The van der Waals surface area contributed by atoms with Crippen LogP contribution in [0.15, 0.2) is 24.3 Å². The third-order valence-corrected chi connectivity index (χ3v) is 3.48. The van der Waals surface area contributed by atoms with Crippen LogP contribution in [0.5, 0.6) is 5.75 Å². The summed E-state index contributed by atoms with van der Waals surface area (Å²) in [5, 5.41) is 9.36. The molecule has 1 heterocycles. The average Bonchev–Trinajstić information content (AvgIpc) is 2.89. The Labute approximate surface area is 107 Å². The number of ether oxygens (including phenoxy) is 2. The van der Waals surface area contributed by atoms with E-state index in [9.17, 15) is 9.90 Å². The molecule has 4 heteroatoms. The Hall–Kier alpha value is -1.55. The predicted octanol–water partition coefficient (Wildman–Crippen LogP) is 1.97. The zero-order valence-electron chi connectivity index (χ0n) is 10.5. The number of rotatable bonds is 5. The minimum Gasteiger partial charge on any atom is -0.496 e. The van der Waals surface area contributed by atoms with Crippen LogP contribution in [0.4, 0.5) is 0 Å². The molecule has 2 atom stereocenters. The highest BCUT2D eigenvalue weighted by molar-refractivity contribution is 5.71. The first kappa shape index (κ1) is 12.9. The van der Waals surface area contributed by atoms with Gasteiger partial charge in [-0.2, -0.15) is 0 Å². The summed E-state index contributed by atoms with van der Waals surface area (Å²) in [5.41, 5.74) is 0.944. The lowest BCUT2D eigenvalue weighted by Gasteiger charge is -2.19. The van der Waals surface area contributed by atoms with Crippen LogP contribution in [0.2, 0.25) is 0 Å². The molecule has 0 amide bonds. The van der Waals surface area contributed by atoms with E-state index < -0.39 is 11.9 Å². The van der Waals surface area contributed by atoms with E-state index in [1.54, 1.807) is 7.11 Å². The molecule has 2 unspecified atom stereocenters. The molecule has 2 rings (SSSR count). The van der Waals surface area contributed by atoms with Gasteiger partial charge in [0.05, 0.1) is 19.6 Å². The fourth-order valence-corrected chi connectivity index (χ4v) is 2.43. The van der Waals surface area contributed by atoms with E-state index in [2.05, 4.69) is 0 Å². The Morgan fingerprint density at radius 1 is 1.56 bits per heavy atom. The molecular formula is C14H18O4. The fourth-order valence-electron chi connectivity index (χ4n) is 2.43. The van der Waals surface area contributed by atoms with Gasteiger partial charge in [-0.3, -0.25) is 4.79 Å². The molecule has 1 N–H and O–H groups in total. The van der Waals surface area contributed by atoms with Gasteiger partial charge in [-0.15, -0.1) is 0 Å². The van der Waals surface area contributed by atoms with Crippen LogP contribution in [0.25, 0.3) is 0 Å². The number of carbonyl (C=O) groups is 1. The maximum Gasteiger partial charge on any atom is 0.307 e. The lowest BCUT2D eigenvalue weighted by Crippen LogP contribution is -2.26. The minimum absolute atomic E-state index is 0.104. The number of aliphatic carboxylic acids is 1. The predicted molar refractivity (Wildman–Crippen MR) is 66.7 cm³/mol. The molecule has 0 radical (unpaired) electrons. The Bertz CT molecular complexity index is 410. The Kier molecular flexibility index (Phi) is 4.20. The van der Waals surface area contributed by atoms with Crippen LogP contribution in [-0.2, 0) is 16.0 Å². The molecule has 0 spiro atoms. The number of carboxylic acid groups (broad SMARTS) is 1. The van der Waals surface area contributed by atoms with Gasteiger partial charge in [0.25, 0.3) is 0 Å². The number of benzene rings is 1. The number of hydrogen-bond donors (Lipinski definition) is 1. The van der Waals surface area contributed by atoms with Crippen molar-refractivity contribution in [3.63, 3.8) is 0 Å². The van der Waals surface area contributed by atoms with Gasteiger partial charge in [0.1, 0.15) is 5.75 Å². The standard InChI is InChI=1S/C14H18O4/c1-17-13-5-3-2-4-10(13)8-12(14(15)16)11-6-7-18-9-11/h2-5,11-12H,6-9H2,1H3,(H,15,16). The summed E-state index contributed by atoms with van der Waals surface area (Å²) < 4.78 is 10.6. The average molecular weight is 250 g/mol. The van der Waals surface area contributed by atoms with E-state index in [-0.39, 0.29) is 5.92 Å². The van der Waals surface area contributed by atoms with Gasteiger partial charge in [-0.05, 0) is 30.4 Å². The smallest absolute Gasteiger partial charge is 0.307 e. The van der Waals surface area contributed by atoms with Gasteiger partial charge in [0.2, 0.25) is 0 Å². The molecule has 1 aliphatic rings. The molecule has 1 aliphatic heterocycles. The SMILES string of the molecule is COc1ccccc1CC(C(=O)O)C1CCOC1. The lowest BCUT2D eigenvalue weighted by molar-refractivity contribution is -0.143. The second-order valence-electron chi connectivity index (χ2n) is 4.58. The largest absolute Gasteiger partial charge is 0.496 e. The molecule has 4 nitrogen and oxygen atoms in total. The molecule has 1 saturated heterocycles. The molecule has 0 aliphatic carbocycles. The second-order valence-corrected chi connectivity index (χ2v) is 4.58. The third-order valence-electron chi connectivity index (χ3n) is 3.48.